The number of aromatic nitrogens is 1. The van der Waals surface area contributed by atoms with E-state index >= 15 is 0 Å². The number of pyridine rings is 1. The van der Waals surface area contributed by atoms with Crippen LogP contribution in [0.5, 0.6) is 11.5 Å². The Morgan fingerprint density at radius 1 is 1.20 bits per heavy atom. The molecule has 1 atom stereocenters. The van der Waals surface area contributed by atoms with Crippen molar-refractivity contribution in [1.29, 1.82) is 0 Å². The number of carbonyl (C=O) groups is 1. The fraction of sp³-hybridized carbons (Fsp3) is 0.400. The molecule has 0 N–H and O–H groups in total. The lowest BCUT2D eigenvalue weighted by atomic mass is 10.0. The fourth-order valence-electron chi connectivity index (χ4n) is 3.56. The molecule has 5 heteroatoms. The number of carbonyl (C=O) groups excluding carboxylic acids is 1. The van der Waals surface area contributed by atoms with Crippen LogP contribution in [-0.4, -0.2) is 35.5 Å². The number of ether oxygens (including phenoxy) is 2. The molecule has 1 aromatic carbocycles. The number of amides is 1. The molecule has 1 saturated heterocycles. The first-order chi connectivity index (χ1) is 12.2. The molecule has 1 aromatic heterocycles. The van der Waals surface area contributed by atoms with E-state index in [4.69, 9.17) is 9.47 Å². The summed E-state index contributed by atoms with van der Waals surface area (Å²) in [6.07, 6.45) is 4.20. The Morgan fingerprint density at radius 2 is 2.04 bits per heavy atom. The van der Waals surface area contributed by atoms with Crippen molar-refractivity contribution >= 4 is 5.91 Å². The van der Waals surface area contributed by atoms with E-state index in [1.807, 2.05) is 36.1 Å². The topological polar surface area (TPSA) is 51.7 Å². The summed E-state index contributed by atoms with van der Waals surface area (Å²) in [4.78, 5) is 19.1. The van der Waals surface area contributed by atoms with Crippen molar-refractivity contribution in [2.24, 2.45) is 0 Å². The Bertz CT molecular complexity index is 773. The van der Waals surface area contributed by atoms with Crippen molar-refractivity contribution in [2.75, 3.05) is 19.8 Å². The monoisotopic (exact) mass is 338 g/mol. The highest BCUT2D eigenvalue weighted by atomic mass is 16.6. The fourth-order valence-corrected chi connectivity index (χ4v) is 3.56. The molecule has 0 radical (unpaired) electrons. The first kappa shape index (κ1) is 15.9. The van der Waals surface area contributed by atoms with E-state index < -0.39 is 0 Å². The van der Waals surface area contributed by atoms with Gasteiger partial charge in [-0.3, -0.25) is 9.78 Å². The maximum atomic E-state index is 12.8. The molecule has 0 aliphatic carbocycles. The van der Waals surface area contributed by atoms with Crippen LogP contribution in [0.15, 0.2) is 36.5 Å². The summed E-state index contributed by atoms with van der Waals surface area (Å²) in [5.41, 5.74) is 3.05. The lowest BCUT2D eigenvalue weighted by Gasteiger charge is -2.27. The number of hydrogen-bond donors (Lipinski definition) is 0. The summed E-state index contributed by atoms with van der Waals surface area (Å²) >= 11 is 0. The minimum Gasteiger partial charge on any atom is -0.486 e. The molecule has 1 fully saturated rings. The summed E-state index contributed by atoms with van der Waals surface area (Å²) < 4.78 is 11.3. The number of fused-ring (bicyclic) bond motifs is 1. The average molecular weight is 338 g/mol. The predicted molar refractivity (Wildman–Crippen MR) is 93.8 cm³/mol. The summed E-state index contributed by atoms with van der Waals surface area (Å²) in [6, 6.07) is 10.1. The first-order valence-corrected chi connectivity index (χ1v) is 8.81. The van der Waals surface area contributed by atoms with Crippen LogP contribution in [0.2, 0.25) is 0 Å². The van der Waals surface area contributed by atoms with Gasteiger partial charge in [-0.25, -0.2) is 0 Å². The molecular formula is C20H22N2O3. The highest BCUT2D eigenvalue weighted by Gasteiger charge is 2.30. The van der Waals surface area contributed by atoms with Crippen molar-refractivity contribution in [3.63, 3.8) is 0 Å². The van der Waals surface area contributed by atoms with Crippen molar-refractivity contribution in [3.05, 3.63) is 53.3 Å². The summed E-state index contributed by atoms with van der Waals surface area (Å²) in [6.45, 7) is 3.91. The Kier molecular flexibility index (Phi) is 4.30. The largest absolute Gasteiger partial charge is 0.486 e. The maximum absolute atomic E-state index is 12.8. The zero-order valence-corrected chi connectivity index (χ0v) is 14.4. The second kappa shape index (κ2) is 6.75. The second-order valence-corrected chi connectivity index (χ2v) is 6.63. The van der Waals surface area contributed by atoms with Gasteiger partial charge >= 0.3 is 0 Å². The standard InChI is InChI=1S/C20H22N2O3/c1-14-4-5-15(13-21-14)11-20(23)22-8-2-3-17(22)16-6-7-18-19(12-16)25-10-9-24-18/h4-7,12-13,17H,2-3,8-11H2,1H3/t17-/m0/s1. The van der Waals surface area contributed by atoms with Gasteiger partial charge in [0.25, 0.3) is 0 Å². The normalized spacial score (nSPS) is 19.1. The molecule has 2 aromatic rings. The predicted octanol–water partition coefficient (Wildman–Crippen LogP) is 3.07. The quantitative estimate of drug-likeness (QED) is 0.863. The van der Waals surface area contributed by atoms with Crippen LogP contribution < -0.4 is 9.47 Å². The molecule has 130 valence electrons. The van der Waals surface area contributed by atoms with Crippen molar-refractivity contribution < 1.29 is 14.3 Å². The summed E-state index contributed by atoms with van der Waals surface area (Å²) in [5, 5.41) is 0. The molecule has 0 unspecified atom stereocenters. The third-order valence-electron chi connectivity index (χ3n) is 4.85. The van der Waals surface area contributed by atoms with Crippen LogP contribution in [0.3, 0.4) is 0 Å². The average Bonchev–Trinajstić information content (AvgIpc) is 3.13. The third kappa shape index (κ3) is 3.31. The number of rotatable bonds is 3. The van der Waals surface area contributed by atoms with E-state index in [0.717, 1.165) is 47.7 Å². The lowest BCUT2D eigenvalue weighted by Crippen LogP contribution is -2.32. The van der Waals surface area contributed by atoms with Crippen LogP contribution in [0.4, 0.5) is 0 Å². The smallest absolute Gasteiger partial charge is 0.227 e. The molecule has 25 heavy (non-hydrogen) atoms. The molecule has 3 heterocycles. The van der Waals surface area contributed by atoms with E-state index in [-0.39, 0.29) is 11.9 Å². The van der Waals surface area contributed by atoms with E-state index in [0.29, 0.717) is 19.6 Å². The molecule has 4 rings (SSSR count). The SMILES string of the molecule is Cc1ccc(CC(=O)N2CCC[C@H]2c2ccc3c(c2)OCCO3)cn1. The zero-order valence-electron chi connectivity index (χ0n) is 14.4. The van der Waals surface area contributed by atoms with E-state index in [1.54, 1.807) is 6.20 Å². The van der Waals surface area contributed by atoms with Gasteiger partial charge < -0.3 is 14.4 Å². The molecule has 2 aliphatic heterocycles. The Balaban J connectivity index is 1.51. The molecule has 0 spiro atoms. The van der Waals surface area contributed by atoms with Gasteiger partial charge in [0.1, 0.15) is 13.2 Å². The van der Waals surface area contributed by atoms with Crippen LogP contribution in [0.25, 0.3) is 0 Å². The maximum Gasteiger partial charge on any atom is 0.227 e. The van der Waals surface area contributed by atoms with Gasteiger partial charge in [0, 0.05) is 18.4 Å². The molecule has 1 amide bonds. The number of aryl methyl sites for hydroxylation is 1. The Hall–Kier alpha value is -2.56. The van der Waals surface area contributed by atoms with Gasteiger partial charge in [-0.1, -0.05) is 12.1 Å². The minimum atomic E-state index is 0.113. The van der Waals surface area contributed by atoms with Crippen LogP contribution in [0.1, 0.15) is 35.7 Å². The Labute approximate surface area is 147 Å². The molecule has 2 aliphatic rings. The van der Waals surface area contributed by atoms with Crippen molar-refractivity contribution in [3.8, 4) is 11.5 Å². The van der Waals surface area contributed by atoms with E-state index in [1.165, 1.54) is 0 Å². The van der Waals surface area contributed by atoms with E-state index in [2.05, 4.69) is 11.1 Å². The van der Waals surface area contributed by atoms with Crippen LogP contribution in [-0.2, 0) is 11.2 Å². The van der Waals surface area contributed by atoms with Gasteiger partial charge in [0.05, 0.1) is 12.5 Å². The van der Waals surface area contributed by atoms with Gasteiger partial charge in [-0.2, -0.15) is 0 Å². The summed E-state index contributed by atoms with van der Waals surface area (Å²) in [5.74, 6) is 1.73. The zero-order chi connectivity index (χ0) is 17.2. The number of likely N-dealkylation sites (tertiary alicyclic amines) is 1. The van der Waals surface area contributed by atoms with Gasteiger partial charge in [-0.15, -0.1) is 0 Å². The molecular weight excluding hydrogens is 316 g/mol. The summed E-state index contributed by atoms with van der Waals surface area (Å²) in [7, 11) is 0. The molecule has 5 nitrogen and oxygen atoms in total. The molecule has 0 saturated carbocycles. The molecule has 0 bridgehead atoms. The highest BCUT2D eigenvalue weighted by Crippen LogP contribution is 2.38. The van der Waals surface area contributed by atoms with Crippen molar-refractivity contribution in [1.82, 2.24) is 9.88 Å². The third-order valence-corrected chi connectivity index (χ3v) is 4.85. The lowest BCUT2D eigenvalue weighted by molar-refractivity contribution is -0.131. The van der Waals surface area contributed by atoms with Crippen LogP contribution >= 0.6 is 0 Å². The van der Waals surface area contributed by atoms with Gasteiger partial charge in [-0.05, 0) is 49.1 Å². The second-order valence-electron chi connectivity index (χ2n) is 6.63. The highest BCUT2D eigenvalue weighted by molar-refractivity contribution is 5.79. The van der Waals surface area contributed by atoms with Crippen molar-refractivity contribution in [2.45, 2.75) is 32.2 Å². The number of nitrogens with zero attached hydrogens (tertiary/aromatic N) is 2. The van der Waals surface area contributed by atoms with Crippen LogP contribution in [0, 0.1) is 6.92 Å². The van der Waals surface area contributed by atoms with Gasteiger partial charge in [0.15, 0.2) is 11.5 Å². The number of benzene rings is 1. The Morgan fingerprint density at radius 3 is 2.84 bits per heavy atom. The first-order valence-electron chi connectivity index (χ1n) is 8.81. The minimum absolute atomic E-state index is 0.113. The number of hydrogen-bond acceptors (Lipinski definition) is 4. The van der Waals surface area contributed by atoms with E-state index in [9.17, 15) is 4.79 Å². The van der Waals surface area contributed by atoms with Gasteiger partial charge in [0.2, 0.25) is 5.91 Å².